The summed E-state index contributed by atoms with van der Waals surface area (Å²) in [5.74, 6) is -2.03. The van der Waals surface area contributed by atoms with Gasteiger partial charge in [-0.15, -0.1) is 0 Å². The summed E-state index contributed by atoms with van der Waals surface area (Å²) in [6, 6.07) is 8.51. The molecule has 1 aliphatic carbocycles. The van der Waals surface area contributed by atoms with E-state index in [4.69, 9.17) is 27.9 Å². The Bertz CT molecular complexity index is 1260. The molecule has 0 bridgehead atoms. The van der Waals surface area contributed by atoms with Crippen molar-refractivity contribution in [3.63, 3.8) is 0 Å². The average molecular weight is 513 g/mol. The van der Waals surface area contributed by atoms with Gasteiger partial charge in [-0.1, -0.05) is 42.1 Å². The van der Waals surface area contributed by atoms with Crippen LogP contribution in [0, 0.1) is 0 Å². The van der Waals surface area contributed by atoms with E-state index in [0.29, 0.717) is 23.4 Å². The Morgan fingerprint density at radius 2 is 1.82 bits per heavy atom. The summed E-state index contributed by atoms with van der Waals surface area (Å²) in [6.45, 7) is -0.287. The molecule has 1 aliphatic rings. The number of Topliss-reactive ketones (excluding diaryl/α,β-unsaturated/α-hetero) is 1. The summed E-state index contributed by atoms with van der Waals surface area (Å²) >= 11 is 12.2. The van der Waals surface area contributed by atoms with Gasteiger partial charge in [-0.3, -0.25) is 9.59 Å². The molecule has 180 valence electrons. The highest BCUT2D eigenvalue weighted by Crippen LogP contribution is 2.40. The predicted molar refractivity (Wildman–Crippen MR) is 124 cm³/mol. The second-order valence-corrected chi connectivity index (χ2v) is 9.05. The zero-order valence-corrected chi connectivity index (χ0v) is 19.7. The smallest absolute Gasteiger partial charge is 0.432 e. The molecule has 2 aromatic carbocycles. The first-order valence-electron chi connectivity index (χ1n) is 10.7. The monoisotopic (exact) mass is 512 g/mol. The maximum atomic E-state index is 14.4. The van der Waals surface area contributed by atoms with Crippen LogP contribution in [0.5, 0.6) is 5.75 Å². The third-order valence-corrected chi connectivity index (χ3v) is 6.59. The van der Waals surface area contributed by atoms with E-state index in [-0.39, 0.29) is 34.3 Å². The molecule has 10 heteroatoms. The fourth-order valence-electron chi connectivity index (χ4n) is 4.40. The van der Waals surface area contributed by atoms with E-state index in [9.17, 15) is 22.8 Å². The van der Waals surface area contributed by atoms with Crippen molar-refractivity contribution in [2.24, 2.45) is 0 Å². The number of rotatable bonds is 6. The van der Waals surface area contributed by atoms with Crippen molar-refractivity contribution in [2.45, 2.75) is 44.4 Å². The topological polar surface area (TPSA) is 60.3 Å². The van der Waals surface area contributed by atoms with Crippen molar-refractivity contribution in [1.82, 2.24) is 9.88 Å². The molecule has 0 saturated heterocycles. The molecule has 1 fully saturated rings. The first-order valence-corrected chi connectivity index (χ1v) is 11.4. The zero-order valence-electron chi connectivity index (χ0n) is 18.1. The van der Waals surface area contributed by atoms with Crippen LogP contribution in [0.1, 0.15) is 47.3 Å². The lowest BCUT2D eigenvalue weighted by molar-refractivity contribution is -0.143. The number of ether oxygens (including phenoxy) is 1. The van der Waals surface area contributed by atoms with Crippen LogP contribution in [-0.2, 0) is 17.5 Å². The minimum absolute atomic E-state index is 0.0247. The minimum Gasteiger partial charge on any atom is -0.497 e. The third kappa shape index (κ3) is 4.74. The Morgan fingerprint density at radius 3 is 2.44 bits per heavy atom. The Balaban J connectivity index is 1.90. The maximum absolute atomic E-state index is 14.4. The average Bonchev–Trinajstić information content (AvgIpc) is 3.40. The quantitative estimate of drug-likeness (QED) is 0.313. The zero-order chi connectivity index (χ0) is 24.6. The van der Waals surface area contributed by atoms with Gasteiger partial charge in [-0.2, -0.15) is 13.2 Å². The molecule has 1 heterocycles. The van der Waals surface area contributed by atoms with Crippen LogP contribution < -0.4 is 10.1 Å². The highest BCUT2D eigenvalue weighted by atomic mass is 35.5. The van der Waals surface area contributed by atoms with E-state index < -0.39 is 29.1 Å². The standard InChI is InChI=1S/C24H21Cl2F3N2O3/c1-34-16-8-9-19-17(11-16)20(21(32)23(33)30-15-4-2-3-5-15)22(24(27,28)29)31(19)12-13-6-7-14(25)10-18(13)26/h6-11,15H,2-5,12H2,1H3,(H,30,33). The Morgan fingerprint density at radius 1 is 1.12 bits per heavy atom. The number of nitrogens with one attached hydrogen (secondary N) is 1. The molecule has 5 nitrogen and oxygen atoms in total. The summed E-state index contributed by atoms with van der Waals surface area (Å²) < 4.78 is 49.4. The number of benzene rings is 2. The van der Waals surface area contributed by atoms with Crippen LogP contribution in [0.15, 0.2) is 36.4 Å². The number of aromatic nitrogens is 1. The van der Waals surface area contributed by atoms with Crippen LogP contribution >= 0.6 is 23.2 Å². The van der Waals surface area contributed by atoms with E-state index >= 15 is 0 Å². The number of ketones is 1. The van der Waals surface area contributed by atoms with Gasteiger partial charge in [-0.05, 0) is 48.7 Å². The van der Waals surface area contributed by atoms with E-state index in [1.54, 1.807) is 0 Å². The summed E-state index contributed by atoms with van der Waals surface area (Å²) in [6.07, 6.45) is -1.76. The predicted octanol–water partition coefficient (Wildman–Crippen LogP) is 6.27. The first kappa shape index (κ1) is 24.4. The van der Waals surface area contributed by atoms with E-state index in [1.807, 2.05) is 0 Å². The molecule has 1 aromatic heterocycles. The molecule has 1 N–H and O–H groups in total. The summed E-state index contributed by atoms with van der Waals surface area (Å²) in [5, 5.41) is 3.09. The first-order chi connectivity index (χ1) is 16.1. The number of halogens is 5. The molecular weight excluding hydrogens is 492 g/mol. The van der Waals surface area contributed by atoms with Gasteiger partial charge in [0.1, 0.15) is 11.4 Å². The number of carbonyl (C=O) groups is 2. The van der Waals surface area contributed by atoms with E-state index in [1.165, 1.54) is 43.5 Å². The van der Waals surface area contributed by atoms with Gasteiger partial charge in [0.05, 0.1) is 12.7 Å². The number of fused-ring (bicyclic) bond motifs is 1. The normalized spacial score (nSPS) is 14.5. The second-order valence-electron chi connectivity index (χ2n) is 8.21. The van der Waals surface area contributed by atoms with Gasteiger partial charge in [0, 0.05) is 33.5 Å². The summed E-state index contributed by atoms with van der Waals surface area (Å²) in [4.78, 5) is 25.9. The molecule has 1 saturated carbocycles. The largest absolute Gasteiger partial charge is 0.497 e. The Labute approximate surface area is 203 Å². The Kier molecular flexibility index (Phi) is 6.82. The molecule has 4 rings (SSSR count). The lowest BCUT2D eigenvalue weighted by Crippen LogP contribution is -2.38. The maximum Gasteiger partial charge on any atom is 0.432 e. The second kappa shape index (κ2) is 9.50. The van der Waals surface area contributed by atoms with E-state index in [2.05, 4.69) is 5.32 Å². The molecule has 0 radical (unpaired) electrons. The number of methoxy groups -OCH3 is 1. The van der Waals surface area contributed by atoms with Crippen LogP contribution in [0.2, 0.25) is 10.0 Å². The van der Waals surface area contributed by atoms with Crippen molar-refractivity contribution < 1.29 is 27.5 Å². The minimum atomic E-state index is -4.93. The van der Waals surface area contributed by atoms with Gasteiger partial charge in [-0.25, -0.2) is 0 Å². The van der Waals surface area contributed by atoms with Gasteiger partial charge in [0.15, 0.2) is 0 Å². The molecular formula is C24H21Cl2F3N2O3. The van der Waals surface area contributed by atoms with E-state index in [0.717, 1.165) is 17.4 Å². The van der Waals surface area contributed by atoms with Crippen molar-refractivity contribution in [3.8, 4) is 5.75 Å². The lowest BCUT2D eigenvalue weighted by atomic mass is 10.0. The fourth-order valence-corrected chi connectivity index (χ4v) is 4.87. The highest BCUT2D eigenvalue weighted by molar-refractivity contribution is 6.45. The van der Waals surface area contributed by atoms with Gasteiger partial charge in [0.25, 0.3) is 11.7 Å². The summed E-state index contributed by atoms with van der Waals surface area (Å²) in [7, 11) is 1.37. The van der Waals surface area contributed by atoms with Gasteiger partial charge >= 0.3 is 6.18 Å². The molecule has 3 aromatic rings. The number of amides is 1. The van der Waals surface area contributed by atoms with Crippen LogP contribution in [-0.4, -0.2) is 29.4 Å². The molecule has 0 spiro atoms. The van der Waals surface area contributed by atoms with Crippen molar-refractivity contribution in [1.29, 1.82) is 0 Å². The van der Waals surface area contributed by atoms with Gasteiger partial charge in [0.2, 0.25) is 0 Å². The molecule has 0 atom stereocenters. The molecule has 0 aliphatic heterocycles. The molecule has 1 amide bonds. The number of carbonyl (C=O) groups excluding carboxylic acids is 2. The number of hydrogen-bond donors (Lipinski definition) is 1. The van der Waals surface area contributed by atoms with Gasteiger partial charge < -0.3 is 14.6 Å². The van der Waals surface area contributed by atoms with Crippen molar-refractivity contribution in [2.75, 3.05) is 7.11 Å². The Hall–Kier alpha value is -2.71. The van der Waals surface area contributed by atoms with Crippen molar-refractivity contribution in [3.05, 3.63) is 63.3 Å². The SMILES string of the molecule is COc1ccc2c(c1)c(C(=O)C(=O)NC1CCCC1)c(C(F)(F)F)n2Cc1ccc(Cl)cc1Cl. The fraction of sp³-hybridized carbons (Fsp3) is 0.333. The number of nitrogens with zero attached hydrogens (tertiary/aromatic N) is 1. The number of alkyl halides is 3. The third-order valence-electron chi connectivity index (χ3n) is 6.01. The van der Waals surface area contributed by atoms with Crippen LogP contribution in [0.25, 0.3) is 10.9 Å². The summed E-state index contributed by atoms with van der Waals surface area (Å²) in [5.41, 5.74) is -1.43. The van der Waals surface area contributed by atoms with Crippen molar-refractivity contribution >= 4 is 45.8 Å². The van der Waals surface area contributed by atoms with Crippen LogP contribution in [0.3, 0.4) is 0 Å². The number of hydrogen-bond acceptors (Lipinski definition) is 3. The molecule has 0 unspecified atom stereocenters. The molecule has 34 heavy (non-hydrogen) atoms. The highest BCUT2D eigenvalue weighted by Gasteiger charge is 2.43. The lowest BCUT2D eigenvalue weighted by Gasteiger charge is -2.16. The van der Waals surface area contributed by atoms with Crippen LogP contribution in [0.4, 0.5) is 13.2 Å².